The normalized spacial score (nSPS) is 11.7. The maximum Gasteiger partial charge on any atom is 0.339 e. The Morgan fingerprint density at radius 2 is 1.79 bits per heavy atom. The predicted molar refractivity (Wildman–Crippen MR) is 146 cm³/mol. The number of anilines is 1. The van der Waals surface area contributed by atoms with Gasteiger partial charge in [-0.25, -0.2) is 4.79 Å². The number of aromatic nitrogens is 4. The molecule has 39 heavy (non-hydrogen) atoms. The highest BCUT2D eigenvalue weighted by Crippen LogP contribution is 2.29. The molecule has 4 rings (SSSR count). The molecule has 0 aliphatic rings. The zero-order chi connectivity index (χ0) is 28.1. The summed E-state index contributed by atoms with van der Waals surface area (Å²) < 4.78 is 30.9. The van der Waals surface area contributed by atoms with Crippen molar-refractivity contribution in [2.45, 2.75) is 31.7 Å². The molecule has 1 unspecified atom stereocenters. The van der Waals surface area contributed by atoms with E-state index < -0.39 is 23.2 Å². The molecule has 0 N–H and O–H groups in total. The number of imidazole rings is 1. The molecule has 0 saturated heterocycles. The SMILES string of the molecule is COc1ccc2nc([S+]([O-])Cc3ncc(C)c(OC)c3C)n(C(=O)N(CCOC(C)=O)c3ccccc3)c2n1. The largest absolute Gasteiger partial charge is 0.609 e. The third kappa shape index (κ3) is 5.96. The van der Waals surface area contributed by atoms with Crippen molar-refractivity contribution in [3.05, 3.63) is 65.5 Å². The van der Waals surface area contributed by atoms with E-state index >= 15 is 0 Å². The van der Waals surface area contributed by atoms with Gasteiger partial charge in [-0.05, 0) is 32.0 Å². The second kappa shape index (κ2) is 12.1. The van der Waals surface area contributed by atoms with Gasteiger partial charge in [0.1, 0.15) is 17.9 Å². The highest BCUT2D eigenvalue weighted by molar-refractivity contribution is 7.90. The summed E-state index contributed by atoms with van der Waals surface area (Å²) >= 11 is -1.80. The Balaban J connectivity index is 1.81. The number of aryl methyl sites for hydroxylation is 1. The van der Waals surface area contributed by atoms with Crippen LogP contribution in [0.15, 0.2) is 53.8 Å². The number of pyridine rings is 2. The van der Waals surface area contributed by atoms with Crippen LogP contribution in [-0.4, -0.2) is 63.4 Å². The van der Waals surface area contributed by atoms with Gasteiger partial charge < -0.3 is 18.8 Å². The van der Waals surface area contributed by atoms with E-state index in [0.717, 1.165) is 11.1 Å². The van der Waals surface area contributed by atoms with Gasteiger partial charge in [-0.15, -0.1) is 0 Å². The molecule has 3 heterocycles. The number of fused-ring (bicyclic) bond motifs is 1. The van der Waals surface area contributed by atoms with Crippen molar-refractivity contribution in [1.29, 1.82) is 0 Å². The van der Waals surface area contributed by atoms with E-state index in [4.69, 9.17) is 14.2 Å². The van der Waals surface area contributed by atoms with Crippen molar-refractivity contribution in [1.82, 2.24) is 19.5 Å². The number of nitrogens with zero attached hydrogens (tertiary/aromatic N) is 5. The average Bonchev–Trinajstić information content (AvgIpc) is 3.32. The summed E-state index contributed by atoms with van der Waals surface area (Å²) in [4.78, 5) is 40.4. The number of para-hydroxylation sites is 1. The number of esters is 1. The lowest BCUT2D eigenvalue weighted by molar-refractivity contribution is -0.140. The Morgan fingerprint density at radius 1 is 1.05 bits per heavy atom. The van der Waals surface area contributed by atoms with Crippen LogP contribution in [0.1, 0.15) is 23.7 Å². The lowest BCUT2D eigenvalue weighted by atomic mass is 10.1. The summed E-state index contributed by atoms with van der Waals surface area (Å²) in [6.07, 6.45) is 1.66. The molecule has 11 nitrogen and oxygen atoms in total. The summed E-state index contributed by atoms with van der Waals surface area (Å²) in [5, 5.41) is 0.00455. The fourth-order valence-electron chi connectivity index (χ4n) is 4.11. The first kappa shape index (κ1) is 27.9. The van der Waals surface area contributed by atoms with Gasteiger partial charge in [0.05, 0.1) is 26.5 Å². The van der Waals surface area contributed by atoms with Crippen molar-refractivity contribution < 1.29 is 28.4 Å². The van der Waals surface area contributed by atoms with Crippen LogP contribution in [0, 0.1) is 13.8 Å². The molecule has 204 valence electrons. The number of rotatable bonds is 9. The first-order chi connectivity index (χ1) is 18.7. The molecule has 0 fully saturated rings. The van der Waals surface area contributed by atoms with Crippen LogP contribution in [0.2, 0.25) is 0 Å². The van der Waals surface area contributed by atoms with E-state index in [1.54, 1.807) is 49.7 Å². The van der Waals surface area contributed by atoms with Crippen LogP contribution in [0.25, 0.3) is 11.2 Å². The first-order valence-corrected chi connectivity index (χ1v) is 13.4. The number of hydrogen-bond acceptors (Lipinski definition) is 9. The van der Waals surface area contributed by atoms with Gasteiger partial charge in [0.15, 0.2) is 11.4 Å². The molecule has 1 amide bonds. The van der Waals surface area contributed by atoms with Gasteiger partial charge in [-0.2, -0.15) is 14.5 Å². The van der Waals surface area contributed by atoms with Crippen LogP contribution < -0.4 is 14.4 Å². The van der Waals surface area contributed by atoms with Gasteiger partial charge >= 0.3 is 17.2 Å². The molecule has 0 radical (unpaired) electrons. The minimum Gasteiger partial charge on any atom is -0.609 e. The standard InChI is InChI=1S/C27H29N5O6S/c1-17-15-28-22(18(2)24(17)37-5)16-39(35)26-29-21-11-12-23(36-4)30-25(21)32(26)27(34)31(13-14-38-19(3)33)20-9-7-6-8-10-20/h6-12,15H,13-14,16H2,1-5H3. The Bertz CT molecular complexity index is 1490. The van der Waals surface area contributed by atoms with Gasteiger partial charge in [-0.1, -0.05) is 18.2 Å². The van der Waals surface area contributed by atoms with E-state index in [2.05, 4.69) is 15.0 Å². The van der Waals surface area contributed by atoms with Crippen molar-refractivity contribution in [2.24, 2.45) is 0 Å². The van der Waals surface area contributed by atoms with E-state index in [-0.39, 0.29) is 35.6 Å². The molecule has 3 aromatic heterocycles. The van der Waals surface area contributed by atoms with Gasteiger partial charge in [0.2, 0.25) is 5.88 Å². The number of methoxy groups -OCH3 is 2. The second-order valence-corrected chi connectivity index (χ2v) is 9.92. The molecular weight excluding hydrogens is 522 g/mol. The van der Waals surface area contributed by atoms with E-state index in [1.807, 2.05) is 19.9 Å². The highest BCUT2D eigenvalue weighted by Gasteiger charge is 2.32. The fraction of sp³-hybridized carbons (Fsp3) is 0.296. The smallest absolute Gasteiger partial charge is 0.339 e. The van der Waals surface area contributed by atoms with Crippen LogP contribution in [0.3, 0.4) is 0 Å². The first-order valence-electron chi connectivity index (χ1n) is 12.1. The van der Waals surface area contributed by atoms with Crippen LogP contribution in [-0.2, 0) is 26.5 Å². The molecule has 0 bridgehead atoms. The molecule has 0 aliphatic heterocycles. The summed E-state index contributed by atoms with van der Waals surface area (Å²) in [6.45, 7) is 5.03. The minimum absolute atomic E-state index is 0.00455. The number of benzene rings is 1. The van der Waals surface area contributed by atoms with Gasteiger partial charge in [0, 0.05) is 47.2 Å². The molecular formula is C27H29N5O6S. The van der Waals surface area contributed by atoms with E-state index in [9.17, 15) is 14.1 Å². The number of ether oxygens (including phenoxy) is 3. The van der Waals surface area contributed by atoms with Crippen molar-refractivity contribution >= 4 is 40.0 Å². The lowest BCUT2D eigenvalue weighted by Crippen LogP contribution is -2.39. The summed E-state index contributed by atoms with van der Waals surface area (Å²) in [5.41, 5.74) is 3.27. The lowest BCUT2D eigenvalue weighted by Gasteiger charge is -2.23. The Morgan fingerprint density at radius 3 is 2.46 bits per heavy atom. The quantitative estimate of drug-likeness (QED) is 0.225. The maximum absolute atomic E-state index is 14.1. The van der Waals surface area contributed by atoms with Crippen molar-refractivity contribution in [2.75, 3.05) is 32.3 Å². The molecule has 0 aliphatic carbocycles. The monoisotopic (exact) mass is 551 g/mol. The van der Waals surface area contributed by atoms with E-state index in [0.29, 0.717) is 22.6 Å². The number of carbonyl (C=O) groups excluding carboxylic acids is 2. The van der Waals surface area contributed by atoms with Crippen molar-refractivity contribution in [3.63, 3.8) is 0 Å². The Kier molecular flexibility index (Phi) is 8.67. The summed E-state index contributed by atoms with van der Waals surface area (Å²) in [6, 6.07) is 11.6. The number of carbonyl (C=O) groups is 2. The summed E-state index contributed by atoms with van der Waals surface area (Å²) in [7, 11) is 3.03. The maximum atomic E-state index is 14.1. The average molecular weight is 552 g/mol. The number of hydrogen-bond donors (Lipinski definition) is 0. The number of amides is 1. The topological polar surface area (TPSA) is 132 Å². The zero-order valence-electron chi connectivity index (χ0n) is 22.3. The third-order valence-electron chi connectivity index (χ3n) is 5.99. The molecule has 12 heteroatoms. The predicted octanol–water partition coefficient (Wildman–Crippen LogP) is 3.81. The molecule has 0 saturated carbocycles. The van der Waals surface area contributed by atoms with Gasteiger partial charge in [-0.3, -0.25) is 14.7 Å². The van der Waals surface area contributed by atoms with E-state index in [1.165, 1.54) is 23.5 Å². The van der Waals surface area contributed by atoms with Crippen LogP contribution in [0.5, 0.6) is 11.6 Å². The Hall–Kier alpha value is -4.16. The van der Waals surface area contributed by atoms with Gasteiger partial charge in [0.25, 0.3) is 0 Å². The summed E-state index contributed by atoms with van der Waals surface area (Å²) in [5.74, 6) is 0.456. The third-order valence-corrected chi connectivity index (χ3v) is 7.21. The van der Waals surface area contributed by atoms with Crippen LogP contribution >= 0.6 is 0 Å². The molecule has 1 atom stereocenters. The molecule has 4 aromatic rings. The zero-order valence-corrected chi connectivity index (χ0v) is 23.2. The second-order valence-electron chi connectivity index (χ2n) is 8.57. The minimum atomic E-state index is -1.80. The highest BCUT2D eigenvalue weighted by atomic mass is 32.2. The Labute approximate surface area is 228 Å². The van der Waals surface area contributed by atoms with Crippen molar-refractivity contribution in [3.8, 4) is 11.6 Å². The van der Waals surface area contributed by atoms with Crippen LogP contribution in [0.4, 0.5) is 10.5 Å². The fourth-order valence-corrected chi connectivity index (χ4v) is 5.34. The molecule has 1 aromatic carbocycles. The molecule has 0 spiro atoms.